The lowest BCUT2D eigenvalue weighted by Crippen LogP contribution is -2.47. The van der Waals surface area contributed by atoms with Gasteiger partial charge in [-0.25, -0.2) is 4.39 Å². The number of amides is 1. The van der Waals surface area contributed by atoms with Gasteiger partial charge in [0, 0.05) is 37.8 Å². The molecule has 3 nitrogen and oxygen atoms in total. The molecular formula is C26H35FN2O. The van der Waals surface area contributed by atoms with Crippen LogP contribution in [0.2, 0.25) is 0 Å². The Morgan fingerprint density at radius 2 is 1.87 bits per heavy atom. The highest BCUT2D eigenvalue weighted by Gasteiger charge is 2.25. The highest BCUT2D eigenvalue weighted by molar-refractivity contribution is 5.76. The number of nitrogens with zero attached hydrogens (tertiary/aromatic N) is 2. The molecule has 162 valence electrons. The summed E-state index contributed by atoms with van der Waals surface area (Å²) < 4.78 is 13.8. The van der Waals surface area contributed by atoms with Gasteiger partial charge in [0.25, 0.3) is 0 Å². The minimum atomic E-state index is -0.177. The van der Waals surface area contributed by atoms with Crippen molar-refractivity contribution in [3.63, 3.8) is 0 Å². The fourth-order valence-electron chi connectivity index (χ4n) is 4.57. The number of anilines is 1. The van der Waals surface area contributed by atoms with E-state index in [1.165, 1.54) is 30.2 Å². The van der Waals surface area contributed by atoms with Gasteiger partial charge in [-0.2, -0.15) is 0 Å². The average Bonchev–Trinajstić information content (AvgIpc) is 2.97. The van der Waals surface area contributed by atoms with Crippen molar-refractivity contribution in [1.82, 2.24) is 4.90 Å². The second kappa shape index (κ2) is 11.1. The number of halogens is 1. The largest absolute Gasteiger partial charge is 0.369 e. The van der Waals surface area contributed by atoms with Gasteiger partial charge < -0.3 is 9.80 Å². The Kier molecular flexibility index (Phi) is 8.30. The summed E-state index contributed by atoms with van der Waals surface area (Å²) in [6, 6.07) is 15.7. The second-order valence-electron chi connectivity index (χ2n) is 8.22. The summed E-state index contributed by atoms with van der Waals surface area (Å²) in [4.78, 5) is 17.5. The van der Waals surface area contributed by atoms with Crippen LogP contribution in [0.15, 0.2) is 48.5 Å². The molecule has 0 radical (unpaired) electrons. The molecule has 3 rings (SSSR count). The first-order valence-corrected chi connectivity index (χ1v) is 11.5. The van der Waals surface area contributed by atoms with E-state index in [1.54, 1.807) is 6.07 Å². The van der Waals surface area contributed by atoms with Gasteiger partial charge in [0.1, 0.15) is 5.82 Å². The van der Waals surface area contributed by atoms with Crippen molar-refractivity contribution in [2.24, 2.45) is 0 Å². The van der Waals surface area contributed by atoms with Crippen molar-refractivity contribution in [2.75, 3.05) is 24.5 Å². The first kappa shape index (κ1) is 22.3. The Hall–Kier alpha value is -2.36. The van der Waals surface area contributed by atoms with Gasteiger partial charge in [0.05, 0.1) is 0 Å². The average molecular weight is 411 g/mol. The normalized spacial score (nSPS) is 14.7. The van der Waals surface area contributed by atoms with E-state index in [4.69, 9.17) is 0 Å². The van der Waals surface area contributed by atoms with Crippen LogP contribution in [0.1, 0.15) is 57.1 Å². The van der Waals surface area contributed by atoms with Crippen LogP contribution in [0.4, 0.5) is 10.1 Å². The quantitative estimate of drug-likeness (QED) is 0.536. The third-order valence-corrected chi connectivity index (χ3v) is 6.26. The van der Waals surface area contributed by atoms with Crippen molar-refractivity contribution in [3.05, 3.63) is 65.5 Å². The number of likely N-dealkylation sites (N-methyl/N-ethyl adjacent to an activating group) is 1. The predicted octanol–water partition coefficient (Wildman–Crippen LogP) is 5.62. The predicted molar refractivity (Wildman–Crippen MR) is 122 cm³/mol. The van der Waals surface area contributed by atoms with Crippen molar-refractivity contribution in [2.45, 2.75) is 64.8 Å². The highest BCUT2D eigenvalue weighted by atomic mass is 19.1. The number of benzene rings is 2. The lowest BCUT2D eigenvalue weighted by atomic mass is 10.1. The van der Waals surface area contributed by atoms with E-state index < -0.39 is 0 Å². The van der Waals surface area contributed by atoms with Crippen molar-refractivity contribution in [1.29, 1.82) is 0 Å². The van der Waals surface area contributed by atoms with E-state index in [0.29, 0.717) is 31.4 Å². The van der Waals surface area contributed by atoms with Gasteiger partial charge in [0.2, 0.25) is 5.91 Å². The van der Waals surface area contributed by atoms with Crippen LogP contribution < -0.4 is 4.90 Å². The molecule has 0 saturated heterocycles. The van der Waals surface area contributed by atoms with Crippen LogP contribution in [0.5, 0.6) is 0 Å². The topological polar surface area (TPSA) is 23.6 Å². The van der Waals surface area contributed by atoms with Gasteiger partial charge in [-0.3, -0.25) is 4.79 Å². The monoisotopic (exact) mass is 410 g/mol. The zero-order chi connectivity index (χ0) is 21.3. The Balaban J connectivity index is 1.62. The minimum absolute atomic E-state index is 0.177. The molecule has 0 bridgehead atoms. The van der Waals surface area contributed by atoms with Crippen molar-refractivity contribution >= 4 is 11.6 Å². The number of aryl methyl sites for hydroxylation is 2. The molecule has 0 aromatic heterocycles. The molecule has 2 aromatic rings. The van der Waals surface area contributed by atoms with Gasteiger partial charge in [-0.1, -0.05) is 43.3 Å². The minimum Gasteiger partial charge on any atom is -0.369 e. The van der Waals surface area contributed by atoms with Gasteiger partial charge in [0.15, 0.2) is 0 Å². The molecule has 2 aromatic carbocycles. The molecule has 30 heavy (non-hydrogen) atoms. The molecule has 1 amide bonds. The summed E-state index contributed by atoms with van der Waals surface area (Å²) >= 11 is 0. The number of carbonyl (C=O) groups excluding carboxylic acids is 1. The standard InChI is InChI=1S/C26H35FN2O/c1-3-23(20-28-19-10-9-14-22-13-6-8-17-25(22)28)29(4-2)26(30)18-11-15-21-12-5-7-16-24(21)27/h5-8,12-13,16-17,23H,3-4,9-11,14-15,18-20H2,1-2H3. The lowest BCUT2D eigenvalue weighted by molar-refractivity contribution is -0.133. The summed E-state index contributed by atoms with van der Waals surface area (Å²) in [7, 11) is 0. The van der Waals surface area contributed by atoms with E-state index in [1.807, 2.05) is 17.0 Å². The fourth-order valence-corrected chi connectivity index (χ4v) is 4.57. The van der Waals surface area contributed by atoms with Crippen LogP contribution in [0.3, 0.4) is 0 Å². The maximum Gasteiger partial charge on any atom is 0.222 e. The van der Waals surface area contributed by atoms with Crippen LogP contribution in [-0.4, -0.2) is 36.5 Å². The lowest BCUT2D eigenvalue weighted by Gasteiger charge is -2.36. The molecular weight excluding hydrogens is 375 g/mol. The SMILES string of the molecule is CCC(CN1CCCCc2ccccc21)N(CC)C(=O)CCCc1ccccc1F. The second-order valence-corrected chi connectivity index (χ2v) is 8.22. The zero-order valence-electron chi connectivity index (χ0n) is 18.4. The van der Waals surface area contributed by atoms with Crippen LogP contribution in [-0.2, 0) is 17.6 Å². The number of carbonyl (C=O) groups is 1. The van der Waals surface area contributed by atoms with Crippen molar-refractivity contribution in [3.8, 4) is 0 Å². The number of para-hydroxylation sites is 1. The Labute approximate surface area is 180 Å². The Morgan fingerprint density at radius 3 is 2.63 bits per heavy atom. The first-order valence-electron chi connectivity index (χ1n) is 11.5. The van der Waals surface area contributed by atoms with E-state index >= 15 is 0 Å². The zero-order valence-corrected chi connectivity index (χ0v) is 18.4. The van der Waals surface area contributed by atoms with Gasteiger partial charge in [-0.15, -0.1) is 0 Å². The molecule has 0 saturated carbocycles. The maximum atomic E-state index is 13.8. The number of rotatable bonds is 9. The summed E-state index contributed by atoms with van der Waals surface area (Å²) in [6.45, 7) is 6.87. The van der Waals surface area contributed by atoms with Crippen LogP contribution in [0, 0.1) is 5.82 Å². The molecule has 0 spiro atoms. The van der Waals surface area contributed by atoms with E-state index in [-0.39, 0.29) is 17.8 Å². The van der Waals surface area contributed by atoms with Gasteiger partial charge >= 0.3 is 0 Å². The highest BCUT2D eigenvalue weighted by Crippen LogP contribution is 2.27. The molecule has 0 aliphatic carbocycles. The maximum absolute atomic E-state index is 13.8. The fraction of sp³-hybridized carbons (Fsp3) is 0.500. The molecule has 0 fully saturated rings. The summed E-state index contributed by atoms with van der Waals surface area (Å²) in [5.74, 6) is 0.00681. The third-order valence-electron chi connectivity index (χ3n) is 6.26. The number of hydrogen-bond donors (Lipinski definition) is 0. The molecule has 1 heterocycles. The van der Waals surface area contributed by atoms with E-state index in [0.717, 1.165) is 25.9 Å². The van der Waals surface area contributed by atoms with E-state index in [2.05, 4.69) is 43.0 Å². The third kappa shape index (κ3) is 5.62. The summed E-state index contributed by atoms with van der Waals surface area (Å²) in [5, 5.41) is 0. The van der Waals surface area contributed by atoms with E-state index in [9.17, 15) is 9.18 Å². The van der Waals surface area contributed by atoms with Crippen LogP contribution >= 0.6 is 0 Å². The first-order chi connectivity index (χ1) is 14.6. The molecule has 0 N–H and O–H groups in total. The number of hydrogen-bond acceptors (Lipinski definition) is 2. The molecule has 1 unspecified atom stereocenters. The van der Waals surface area contributed by atoms with Gasteiger partial charge in [-0.05, 0) is 68.7 Å². The molecule has 4 heteroatoms. The Morgan fingerprint density at radius 1 is 1.10 bits per heavy atom. The van der Waals surface area contributed by atoms with Crippen LogP contribution in [0.25, 0.3) is 0 Å². The number of fused-ring (bicyclic) bond motifs is 1. The molecule has 1 aliphatic heterocycles. The summed E-state index contributed by atoms with van der Waals surface area (Å²) in [5.41, 5.74) is 3.45. The smallest absolute Gasteiger partial charge is 0.222 e. The molecule has 1 atom stereocenters. The molecule has 1 aliphatic rings. The Bertz CT molecular complexity index is 822. The summed E-state index contributed by atoms with van der Waals surface area (Å²) in [6.07, 6.45) is 6.23. The van der Waals surface area contributed by atoms with Crippen molar-refractivity contribution < 1.29 is 9.18 Å².